The molecule has 0 radical (unpaired) electrons. The van der Waals surface area contributed by atoms with Gasteiger partial charge >= 0.3 is 24.0 Å². The molecule has 1 amide bonds. The third-order valence-corrected chi connectivity index (χ3v) is 13.6. The number of alkyl carbamates (subject to hydrolysis) is 1. The van der Waals surface area contributed by atoms with Gasteiger partial charge in [0, 0.05) is 31.3 Å². The Morgan fingerprint density at radius 3 is 2.13 bits per heavy atom. The molecule has 0 spiro atoms. The molecule has 1 aliphatic heterocycles. The first-order chi connectivity index (χ1) is 28.1. The molecule has 326 valence electrons. The van der Waals surface area contributed by atoms with E-state index in [1.807, 2.05) is 6.92 Å². The lowest BCUT2D eigenvalue weighted by Gasteiger charge is -2.68. The van der Waals surface area contributed by atoms with Crippen LogP contribution in [0.25, 0.3) is 0 Å². The van der Waals surface area contributed by atoms with Crippen LogP contribution in [0.5, 0.6) is 0 Å². The molecule has 2 aromatic rings. The van der Waals surface area contributed by atoms with Gasteiger partial charge in [-0.05, 0) is 68.9 Å². The van der Waals surface area contributed by atoms with E-state index in [9.17, 15) is 29.4 Å². The third kappa shape index (κ3) is 7.54. The van der Waals surface area contributed by atoms with Gasteiger partial charge in [-0.15, -0.1) is 0 Å². The van der Waals surface area contributed by atoms with Crippen molar-refractivity contribution in [2.45, 2.75) is 122 Å². The van der Waals surface area contributed by atoms with Crippen molar-refractivity contribution in [2.75, 3.05) is 20.3 Å². The highest BCUT2D eigenvalue weighted by molar-refractivity contribution is 5.92. The number of carbonyl (C=O) groups excluding carboxylic acids is 5. The first-order valence-electron chi connectivity index (χ1n) is 20.5. The quantitative estimate of drug-likeness (QED) is 0.156. The summed E-state index contributed by atoms with van der Waals surface area (Å²) >= 11 is 0. The van der Waals surface area contributed by atoms with Crippen LogP contribution in [-0.4, -0.2) is 102 Å². The summed E-state index contributed by atoms with van der Waals surface area (Å²) in [5.74, 6) is -5.66. The summed E-state index contributed by atoms with van der Waals surface area (Å²) < 4.78 is 36.4. The number of hydrogen-bond acceptors (Lipinski definition) is 13. The maximum atomic E-state index is 15.5. The van der Waals surface area contributed by atoms with Crippen LogP contribution in [-0.2, 0) is 42.8 Å². The summed E-state index contributed by atoms with van der Waals surface area (Å²) in [6.45, 7) is 14.3. The summed E-state index contributed by atoms with van der Waals surface area (Å²) in [6, 6.07) is 15.8. The van der Waals surface area contributed by atoms with Crippen LogP contribution >= 0.6 is 0 Å². The topological polar surface area (TPSA) is 193 Å². The SMILES string of the molecule is CO[C@@H](C(=O)O[C@H]1C[C@@]2(O)[C@@H](OC(=O)c3ccccc3)C3[C@](C)(C(=O)[C@H](CO)C(=C1C)C2(C)C)[C@@H](C)C[C@H]1OC[C@@]31OC(C)=O)[C@@H](NC(=O)OC(C)(C)C)c1ccccc1. The average molecular weight is 834 g/mol. The highest BCUT2D eigenvalue weighted by Gasteiger charge is 2.77. The van der Waals surface area contributed by atoms with Gasteiger partial charge in [-0.25, -0.2) is 14.4 Å². The number of amides is 1. The lowest BCUT2D eigenvalue weighted by atomic mass is 9.42. The van der Waals surface area contributed by atoms with E-state index in [1.165, 1.54) is 14.0 Å². The lowest BCUT2D eigenvalue weighted by Crippen LogP contribution is -2.80. The smallest absolute Gasteiger partial charge is 0.408 e. The average Bonchev–Trinajstić information content (AvgIpc) is 3.17. The summed E-state index contributed by atoms with van der Waals surface area (Å²) in [4.78, 5) is 70.5. The van der Waals surface area contributed by atoms with E-state index >= 15 is 4.79 Å². The molecule has 2 saturated carbocycles. The van der Waals surface area contributed by atoms with E-state index in [4.69, 9.17) is 28.4 Å². The predicted octanol–water partition coefficient (Wildman–Crippen LogP) is 5.44. The second-order valence-electron chi connectivity index (χ2n) is 18.5. The number of methoxy groups -OCH3 is 1. The molecule has 1 unspecified atom stereocenters. The number of rotatable bonds is 10. The number of fused-ring (bicyclic) bond motifs is 5. The number of hydrogen-bond donors (Lipinski definition) is 3. The van der Waals surface area contributed by atoms with E-state index in [1.54, 1.807) is 109 Å². The second-order valence-corrected chi connectivity index (χ2v) is 18.5. The van der Waals surface area contributed by atoms with E-state index in [-0.39, 0.29) is 18.6 Å². The van der Waals surface area contributed by atoms with E-state index in [0.29, 0.717) is 23.1 Å². The van der Waals surface area contributed by atoms with Crippen molar-refractivity contribution in [3.05, 3.63) is 82.9 Å². The molecule has 2 bridgehead atoms. The first-order valence-corrected chi connectivity index (χ1v) is 20.5. The number of Topliss-reactive ketones (excluding diaryl/α,β-unsaturated/α-hetero) is 1. The number of nitrogens with one attached hydrogen (secondary N) is 1. The highest BCUT2D eigenvalue weighted by atomic mass is 16.6. The number of ether oxygens (including phenoxy) is 6. The molecule has 1 heterocycles. The summed E-state index contributed by atoms with van der Waals surface area (Å²) in [6.07, 6.45) is -5.85. The van der Waals surface area contributed by atoms with Crippen molar-refractivity contribution in [3.63, 3.8) is 0 Å². The van der Waals surface area contributed by atoms with Gasteiger partial charge in [0.2, 0.25) is 0 Å². The van der Waals surface area contributed by atoms with Gasteiger partial charge in [0.1, 0.15) is 35.3 Å². The number of aliphatic hydroxyl groups is 2. The standard InChI is InChI=1S/C46H59NO13/c1-25-21-32-45(24-56-32,59-27(3)49)36-38(58-39(51)29-19-15-12-16-20-29)46(54)22-31(26(2)33(43(46,7)8)30(23-48)37(50)44(25,36)9)57-40(52)35(55-10)34(28-17-13-11-14-18-28)47-41(53)60-42(4,5)6/h11-20,25,30-32,34-36,38,48,54H,21-24H2,1-10H3,(H,47,53)/t25-,30+,31-,32+,34-,35+,36?,38-,44+,45-,46+/m0/s1. The molecule has 1 saturated heterocycles. The minimum Gasteiger partial charge on any atom is -0.456 e. The van der Waals surface area contributed by atoms with Crippen LogP contribution in [0.3, 0.4) is 0 Å². The Bertz CT molecular complexity index is 2010. The van der Waals surface area contributed by atoms with Crippen LogP contribution in [0.2, 0.25) is 0 Å². The molecule has 2 aromatic carbocycles. The second kappa shape index (κ2) is 16.3. The van der Waals surface area contributed by atoms with Gasteiger partial charge in [-0.1, -0.05) is 76.2 Å². The van der Waals surface area contributed by atoms with Gasteiger partial charge in [0.15, 0.2) is 11.7 Å². The normalized spacial score (nSPS) is 33.0. The molecule has 3 N–H and O–H groups in total. The highest BCUT2D eigenvalue weighted by Crippen LogP contribution is 2.66. The van der Waals surface area contributed by atoms with Gasteiger partial charge in [-0.2, -0.15) is 0 Å². The zero-order valence-corrected chi connectivity index (χ0v) is 36.1. The zero-order chi connectivity index (χ0) is 44.2. The Kier molecular flexibility index (Phi) is 12.2. The van der Waals surface area contributed by atoms with Crippen LogP contribution in [0.15, 0.2) is 71.8 Å². The maximum Gasteiger partial charge on any atom is 0.408 e. The number of aliphatic hydroxyl groups excluding tert-OH is 1. The monoisotopic (exact) mass is 833 g/mol. The Morgan fingerprint density at radius 1 is 0.983 bits per heavy atom. The zero-order valence-electron chi connectivity index (χ0n) is 36.1. The van der Waals surface area contributed by atoms with Crippen molar-refractivity contribution in [3.8, 4) is 0 Å². The molecule has 14 nitrogen and oxygen atoms in total. The number of carbonyl (C=O) groups is 5. The molecular formula is C46H59NO13. The van der Waals surface area contributed by atoms with E-state index in [0.717, 1.165) is 0 Å². The van der Waals surface area contributed by atoms with Gasteiger partial charge in [0.05, 0.1) is 36.7 Å². The molecule has 0 aromatic heterocycles. The van der Waals surface area contributed by atoms with Crippen molar-refractivity contribution in [2.24, 2.45) is 28.6 Å². The first kappa shape index (κ1) is 44.9. The fraction of sp³-hybridized carbons (Fsp3) is 0.587. The van der Waals surface area contributed by atoms with E-state index in [2.05, 4.69) is 5.32 Å². The Labute approximate surface area is 351 Å². The summed E-state index contributed by atoms with van der Waals surface area (Å²) in [5, 5.41) is 27.8. The molecule has 3 fully saturated rings. The Balaban J connectivity index is 1.52. The Hall–Kier alpha value is -4.63. The van der Waals surface area contributed by atoms with Crippen LogP contribution in [0, 0.1) is 28.6 Å². The van der Waals surface area contributed by atoms with Crippen molar-refractivity contribution in [1.82, 2.24) is 5.32 Å². The Morgan fingerprint density at radius 2 is 1.60 bits per heavy atom. The molecule has 14 heteroatoms. The van der Waals surface area contributed by atoms with Gasteiger partial charge < -0.3 is 44.0 Å². The van der Waals surface area contributed by atoms with Gasteiger partial charge in [-0.3, -0.25) is 9.59 Å². The van der Waals surface area contributed by atoms with Crippen molar-refractivity contribution in [1.29, 1.82) is 0 Å². The molecule has 60 heavy (non-hydrogen) atoms. The molecule has 11 atom stereocenters. The molecular weight excluding hydrogens is 774 g/mol. The van der Waals surface area contributed by atoms with Crippen molar-refractivity contribution < 1.29 is 62.6 Å². The molecule has 6 rings (SSSR count). The van der Waals surface area contributed by atoms with E-state index < -0.39 is 112 Å². The minimum absolute atomic E-state index is 0.141. The third-order valence-electron chi connectivity index (χ3n) is 13.6. The summed E-state index contributed by atoms with van der Waals surface area (Å²) in [7, 11) is 1.29. The van der Waals surface area contributed by atoms with Crippen LogP contribution in [0.4, 0.5) is 4.79 Å². The number of esters is 3. The fourth-order valence-electron chi connectivity index (χ4n) is 10.5. The number of ketones is 1. The predicted molar refractivity (Wildman–Crippen MR) is 216 cm³/mol. The van der Waals surface area contributed by atoms with Crippen LogP contribution in [0.1, 0.15) is 97.1 Å². The molecule has 4 aliphatic rings. The molecule has 3 aliphatic carbocycles. The van der Waals surface area contributed by atoms with Gasteiger partial charge in [0.25, 0.3) is 0 Å². The maximum absolute atomic E-state index is 15.5. The lowest BCUT2D eigenvalue weighted by molar-refractivity contribution is -0.340. The summed E-state index contributed by atoms with van der Waals surface area (Å²) in [5.41, 5.74) is -6.01. The number of benzene rings is 2. The fourth-order valence-corrected chi connectivity index (χ4v) is 10.5. The minimum atomic E-state index is -2.15. The van der Waals surface area contributed by atoms with Crippen molar-refractivity contribution >= 4 is 29.8 Å². The largest absolute Gasteiger partial charge is 0.456 e. The van der Waals surface area contributed by atoms with Crippen LogP contribution < -0.4 is 5.32 Å².